The Hall–Kier alpha value is -1.32. The molecule has 0 radical (unpaired) electrons. The largest absolute Gasteiger partial charge is 0.481 e. The number of carbonyl (C=O) groups is 1. The molecule has 3 aliphatic rings. The second kappa shape index (κ2) is 2.62. The van der Waals surface area contributed by atoms with Gasteiger partial charge in [-0.3, -0.25) is 9.48 Å². The fourth-order valence-electron chi connectivity index (χ4n) is 3.57. The van der Waals surface area contributed by atoms with Gasteiger partial charge in [-0.2, -0.15) is 5.10 Å². The number of aromatic nitrogens is 2. The minimum atomic E-state index is -0.642. The van der Waals surface area contributed by atoms with E-state index >= 15 is 0 Å². The molecule has 4 nitrogen and oxygen atoms in total. The molecular weight excluding hydrogens is 192 g/mol. The molecule has 3 saturated carbocycles. The molecule has 3 fully saturated rings. The molecule has 1 atom stereocenters. The number of hydrogen-bond donors (Lipinski definition) is 1. The summed E-state index contributed by atoms with van der Waals surface area (Å²) < 4.78 is 1.83. The van der Waals surface area contributed by atoms with Crippen molar-refractivity contribution in [1.29, 1.82) is 0 Å². The molecule has 80 valence electrons. The van der Waals surface area contributed by atoms with Gasteiger partial charge in [0.2, 0.25) is 0 Å². The number of hydrogen-bond acceptors (Lipinski definition) is 2. The van der Waals surface area contributed by atoms with Crippen LogP contribution in [0.2, 0.25) is 0 Å². The minimum Gasteiger partial charge on any atom is -0.481 e. The third-order valence-corrected chi connectivity index (χ3v) is 4.17. The first-order valence-corrected chi connectivity index (χ1v) is 5.35. The standard InChI is InChI=1S/C11H14N2O2/c1-13-9(2-3-12-13)11-5-7(6-11)4-8(11)10(14)15/h2-3,7-8H,4-6H2,1H3,(H,14,15). The van der Waals surface area contributed by atoms with Crippen LogP contribution in [0.1, 0.15) is 25.0 Å². The van der Waals surface area contributed by atoms with Gasteiger partial charge >= 0.3 is 5.97 Å². The summed E-state index contributed by atoms with van der Waals surface area (Å²) in [5.41, 5.74) is 0.991. The maximum Gasteiger partial charge on any atom is 0.307 e. The van der Waals surface area contributed by atoms with Crippen LogP contribution in [-0.4, -0.2) is 20.9 Å². The van der Waals surface area contributed by atoms with Crippen molar-refractivity contribution in [3.05, 3.63) is 18.0 Å². The highest BCUT2D eigenvalue weighted by atomic mass is 16.4. The fourth-order valence-corrected chi connectivity index (χ4v) is 3.57. The molecule has 0 aromatic carbocycles. The van der Waals surface area contributed by atoms with E-state index in [0.717, 1.165) is 25.0 Å². The van der Waals surface area contributed by atoms with E-state index < -0.39 is 5.97 Å². The van der Waals surface area contributed by atoms with Crippen molar-refractivity contribution in [3.63, 3.8) is 0 Å². The molecule has 1 unspecified atom stereocenters. The highest BCUT2D eigenvalue weighted by Gasteiger charge is 2.61. The van der Waals surface area contributed by atoms with Crippen LogP contribution >= 0.6 is 0 Å². The summed E-state index contributed by atoms with van der Waals surface area (Å²) in [6.45, 7) is 0. The van der Waals surface area contributed by atoms with Crippen LogP contribution in [0.25, 0.3) is 0 Å². The van der Waals surface area contributed by atoms with E-state index in [1.54, 1.807) is 6.20 Å². The van der Waals surface area contributed by atoms with Gasteiger partial charge in [-0.15, -0.1) is 0 Å². The van der Waals surface area contributed by atoms with Crippen molar-refractivity contribution in [2.45, 2.75) is 24.7 Å². The summed E-state index contributed by atoms with van der Waals surface area (Å²) in [7, 11) is 1.90. The fraction of sp³-hybridized carbons (Fsp3) is 0.636. The topological polar surface area (TPSA) is 55.1 Å². The summed E-state index contributed by atoms with van der Waals surface area (Å²) in [5.74, 6) is -0.213. The molecule has 0 amide bonds. The number of aliphatic carboxylic acids is 1. The highest BCUT2D eigenvalue weighted by Crippen LogP contribution is 2.62. The summed E-state index contributed by atoms with van der Waals surface area (Å²) in [5, 5.41) is 13.4. The molecule has 4 heteroatoms. The van der Waals surface area contributed by atoms with Gasteiger partial charge in [0.05, 0.1) is 5.92 Å². The molecule has 1 heterocycles. The predicted octanol–water partition coefficient (Wildman–Crippen LogP) is 1.17. The molecule has 0 aliphatic heterocycles. The van der Waals surface area contributed by atoms with E-state index in [4.69, 9.17) is 0 Å². The number of fused-ring (bicyclic) bond motifs is 1. The normalized spacial score (nSPS) is 37.7. The third kappa shape index (κ3) is 0.967. The summed E-state index contributed by atoms with van der Waals surface area (Å²) in [6.07, 6.45) is 4.67. The molecule has 15 heavy (non-hydrogen) atoms. The molecule has 0 saturated heterocycles. The Kier molecular flexibility index (Phi) is 1.56. The Balaban J connectivity index is 2.04. The van der Waals surface area contributed by atoms with Gasteiger partial charge in [0.1, 0.15) is 0 Å². The first-order valence-electron chi connectivity index (χ1n) is 5.35. The van der Waals surface area contributed by atoms with Crippen LogP contribution in [0.4, 0.5) is 0 Å². The van der Waals surface area contributed by atoms with Crippen LogP contribution in [0, 0.1) is 11.8 Å². The Morgan fingerprint density at radius 2 is 2.40 bits per heavy atom. The van der Waals surface area contributed by atoms with E-state index in [1.807, 2.05) is 17.8 Å². The second-order valence-electron chi connectivity index (χ2n) is 4.90. The number of rotatable bonds is 2. The molecule has 1 aromatic rings. The molecule has 3 aliphatic carbocycles. The summed E-state index contributed by atoms with van der Waals surface area (Å²) in [6, 6.07) is 1.97. The maximum absolute atomic E-state index is 11.2. The molecule has 0 spiro atoms. The Labute approximate surface area is 87.9 Å². The van der Waals surface area contributed by atoms with Gasteiger partial charge in [0.15, 0.2) is 0 Å². The van der Waals surface area contributed by atoms with Gasteiger partial charge < -0.3 is 5.11 Å². The Bertz CT molecular complexity index is 418. The van der Waals surface area contributed by atoms with Gasteiger partial charge in [-0.05, 0) is 31.2 Å². The van der Waals surface area contributed by atoms with Crippen molar-refractivity contribution in [2.24, 2.45) is 18.9 Å². The van der Waals surface area contributed by atoms with Crippen LogP contribution < -0.4 is 0 Å². The van der Waals surface area contributed by atoms with Crippen molar-refractivity contribution >= 4 is 5.97 Å². The Morgan fingerprint density at radius 3 is 2.93 bits per heavy atom. The van der Waals surface area contributed by atoms with Crippen LogP contribution in [0.5, 0.6) is 0 Å². The van der Waals surface area contributed by atoms with Crippen molar-refractivity contribution < 1.29 is 9.90 Å². The molecular formula is C11H14N2O2. The van der Waals surface area contributed by atoms with Gasteiger partial charge in [0.25, 0.3) is 0 Å². The monoisotopic (exact) mass is 206 g/mol. The average Bonchev–Trinajstić information content (AvgIpc) is 2.72. The summed E-state index contributed by atoms with van der Waals surface area (Å²) >= 11 is 0. The SMILES string of the molecule is Cn1nccc1C12CC(CC1C(=O)O)C2. The van der Waals surface area contributed by atoms with Crippen molar-refractivity contribution in [1.82, 2.24) is 9.78 Å². The highest BCUT2D eigenvalue weighted by molar-refractivity contribution is 5.74. The van der Waals surface area contributed by atoms with E-state index in [0.29, 0.717) is 5.92 Å². The maximum atomic E-state index is 11.2. The predicted molar refractivity (Wildman–Crippen MR) is 53.4 cm³/mol. The average molecular weight is 206 g/mol. The third-order valence-electron chi connectivity index (χ3n) is 4.17. The number of carboxylic acids is 1. The van der Waals surface area contributed by atoms with E-state index in [-0.39, 0.29) is 11.3 Å². The lowest BCUT2D eigenvalue weighted by Crippen LogP contribution is -2.41. The van der Waals surface area contributed by atoms with Crippen LogP contribution in [-0.2, 0) is 17.3 Å². The molecule has 1 N–H and O–H groups in total. The number of aryl methyl sites for hydroxylation is 1. The molecule has 2 bridgehead atoms. The lowest BCUT2D eigenvalue weighted by atomic mass is 9.64. The second-order valence-corrected chi connectivity index (χ2v) is 4.90. The number of nitrogens with zero attached hydrogens (tertiary/aromatic N) is 2. The lowest BCUT2D eigenvalue weighted by Gasteiger charge is -2.40. The van der Waals surface area contributed by atoms with E-state index in [2.05, 4.69) is 5.10 Å². The van der Waals surface area contributed by atoms with Crippen molar-refractivity contribution in [3.8, 4) is 0 Å². The zero-order valence-corrected chi connectivity index (χ0v) is 8.68. The van der Waals surface area contributed by atoms with Crippen LogP contribution in [0.15, 0.2) is 12.3 Å². The summed E-state index contributed by atoms with van der Waals surface area (Å²) in [4.78, 5) is 11.2. The smallest absolute Gasteiger partial charge is 0.307 e. The first-order chi connectivity index (χ1) is 7.13. The minimum absolute atomic E-state index is 0.109. The van der Waals surface area contributed by atoms with E-state index in [1.165, 1.54) is 0 Å². The Morgan fingerprint density at radius 1 is 1.67 bits per heavy atom. The van der Waals surface area contributed by atoms with Crippen LogP contribution in [0.3, 0.4) is 0 Å². The lowest BCUT2D eigenvalue weighted by molar-refractivity contribution is -0.143. The molecule has 1 aromatic heterocycles. The number of carboxylic acid groups (broad SMARTS) is 1. The zero-order valence-electron chi connectivity index (χ0n) is 8.68. The zero-order chi connectivity index (χ0) is 10.6. The van der Waals surface area contributed by atoms with Gasteiger partial charge in [0, 0.05) is 24.4 Å². The van der Waals surface area contributed by atoms with Gasteiger partial charge in [-0.25, -0.2) is 0 Å². The first kappa shape index (κ1) is 8.95. The van der Waals surface area contributed by atoms with E-state index in [9.17, 15) is 9.90 Å². The quantitative estimate of drug-likeness (QED) is 0.790. The molecule has 4 rings (SSSR count). The van der Waals surface area contributed by atoms with Gasteiger partial charge in [-0.1, -0.05) is 0 Å². The van der Waals surface area contributed by atoms with Crippen molar-refractivity contribution in [2.75, 3.05) is 0 Å².